The van der Waals surface area contributed by atoms with Crippen molar-refractivity contribution in [2.75, 3.05) is 22.9 Å². The summed E-state index contributed by atoms with van der Waals surface area (Å²) in [5, 5.41) is 0.842. The summed E-state index contributed by atoms with van der Waals surface area (Å²) in [6.07, 6.45) is 5.16. The van der Waals surface area contributed by atoms with Crippen molar-refractivity contribution < 1.29 is 31.2 Å². The number of alkyl halides is 3. The fourth-order valence-electron chi connectivity index (χ4n) is 5.09. The second-order valence-electron chi connectivity index (χ2n) is 10.2. The Morgan fingerprint density at radius 3 is 2.21 bits per heavy atom. The van der Waals surface area contributed by atoms with Crippen molar-refractivity contribution in [2.45, 2.75) is 55.6 Å². The van der Waals surface area contributed by atoms with Gasteiger partial charge in [0.25, 0.3) is 15.7 Å². The molecule has 0 N–H and O–H groups in total. The van der Waals surface area contributed by atoms with E-state index in [9.17, 15) is 31.2 Å². The van der Waals surface area contributed by atoms with Crippen LogP contribution in [0.25, 0.3) is 10.9 Å². The Kier molecular flexibility index (Phi) is 6.56. The number of rotatable bonds is 5. The van der Waals surface area contributed by atoms with Crippen molar-refractivity contribution in [1.82, 2.24) is 9.88 Å². The number of amides is 3. The molecule has 2 aromatic carbocycles. The molecule has 206 valence electrons. The smallest absolute Gasteiger partial charge is 0.371 e. The lowest BCUT2D eigenvalue weighted by molar-refractivity contribution is -0.123. The Hall–Kier alpha value is -3.67. The number of benzene rings is 2. The number of fused-ring (bicyclic) bond motifs is 1. The number of hydrogen-bond acceptors (Lipinski definition) is 6. The molecule has 3 aromatic rings. The molecule has 0 bridgehead atoms. The third kappa shape index (κ3) is 4.60. The van der Waals surface area contributed by atoms with Crippen LogP contribution in [0.2, 0.25) is 0 Å². The zero-order valence-electron chi connectivity index (χ0n) is 21.4. The third-order valence-corrected chi connectivity index (χ3v) is 8.90. The van der Waals surface area contributed by atoms with E-state index >= 15 is 0 Å². The molecule has 2 aliphatic rings. The number of aromatic nitrogens is 1. The molecule has 2 aliphatic heterocycles. The highest BCUT2D eigenvalue weighted by Crippen LogP contribution is 2.36. The van der Waals surface area contributed by atoms with Crippen LogP contribution >= 0.6 is 0 Å². The molecule has 39 heavy (non-hydrogen) atoms. The van der Waals surface area contributed by atoms with Gasteiger partial charge in [-0.2, -0.15) is 13.2 Å². The minimum Gasteiger partial charge on any atom is -0.371 e. The number of anilines is 2. The number of piperidine rings is 1. The van der Waals surface area contributed by atoms with Crippen molar-refractivity contribution in [1.29, 1.82) is 0 Å². The number of pyridine rings is 1. The third-order valence-electron chi connectivity index (χ3n) is 7.40. The maximum atomic E-state index is 13.5. The summed E-state index contributed by atoms with van der Waals surface area (Å²) in [6.45, 7) is 5.25. The Morgan fingerprint density at radius 1 is 0.923 bits per heavy atom. The number of carbonyl (C=O) groups is 2. The van der Waals surface area contributed by atoms with Crippen LogP contribution in [0, 0.1) is 0 Å². The molecule has 0 saturated carbocycles. The van der Waals surface area contributed by atoms with Crippen LogP contribution in [-0.4, -0.2) is 54.4 Å². The van der Waals surface area contributed by atoms with Gasteiger partial charge in [-0.1, -0.05) is 6.07 Å². The topological polar surface area (TPSA) is 90.9 Å². The van der Waals surface area contributed by atoms with Crippen molar-refractivity contribution in [2.24, 2.45) is 0 Å². The molecule has 0 aliphatic carbocycles. The lowest BCUT2D eigenvalue weighted by Gasteiger charge is -2.29. The number of urea groups is 1. The van der Waals surface area contributed by atoms with Crippen molar-refractivity contribution in [3.8, 4) is 0 Å². The van der Waals surface area contributed by atoms with E-state index in [0.717, 1.165) is 77.3 Å². The Balaban J connectivity index is 1.43. The highest BCUT2D eigenvalue weighted by Gasteiger charge is 2.52. The Labute approximate surface area is 223 Å². The van der Waals surface area contributed by atoms with E-state index < -0.39 is 37.7 Å². The quantitative estimate of drug-likeness (QED) is 0.395. The lowest BCUT2D eigenvalue weighted by atomic mass is 10.0. The van der Waals surface area contributed by atoms with Crippen molar-refractivity contribution >= 4 is 44.1 Å². The van der Waals surface area contributed by atoms with E-state index in [4.69, 9.17) is 0 Å². The van der Waals surface area contributed by atoms with Gasteiger partial charge in [-0.3, -0.25) is 9.78 Å². The first kappa shape index (κ1) is 26.9. The predicted molar refractivity (Wildman–Crippen MR) is 140 cm³/mol. The molecule has 3 amide bonds. The normalized spacial score (nSPS) is 18.3. The summed E-state index contributed by atoms with van der Waals surface area (Å²) in [6, 6.07) is 10.7. The minimum atomic E-state index is -5.56. The van der Waals surface area contributed by atoms with Crippen molar-refractivity contribution in [3.05, 3.63) is 60.3 Å². The molecule has 0 unspecified atom stereocenters. The van der Waals surface area contributed by atoms with E-state index in [1.165, 1.54) is 11.3 Å². The van der Waals surface area contributed by atoms with E-state index in [1.807, 2.05) is 18.2 Å². The van der Waals surface area contributed by atoms with Gasteiger partial charge in [0.2, 0.25) is 0 Å². The van der Waals surface area contributed by atoms with E-state index in [2.05, 4.69) is 9.88 Å². The maximum absolute atomic E-state index is 13.5. The number of halogens is 3. The van der Waals surface area contributed by atoms with Crippen LogP contribution in [0.5, 0.6) is 0 Å². The maximum Gasteiger partial charge on any atom is 0.501 e. The number of carbonyl (C=O) groups excluding carboxylic acids is 2. The second kappa shape index (κ2) is 9.51. The molecule has 0 spiro atoms. The summed E-state index contributed by atoms with van der Waals surface area (Å²) in [5.41, 5.74) is -4.11. The largest absolute Gasteiger partial charge is 0.501 e. The minimum absolute atomic E-state index is 0.0209. The first-order chi connectivity index (χ1) is 18.3. The van der Waals surface area contributed by atoms with E-state index in [1.54, 1.807) is 26.1 Å². The van der Waals surface area contributed by atoms with Crippen LogP contribution in [0.4, 0.5) is 29.3 Å². The van der Waals surface area contributed by atoms with E-state index in [-0.39, 0.29) is 12.2 Å². The molecule has 0 radical (unpaired) electrons. The van der Waals surface area contributed by atoms with Gasteiger partial charge in [-0.15, -0.1) is 0 Å². The van der Waals surface area contributed by atoms with Gasteiger partial charge in [-0.25, -0.2) is 18.1 Å². The first-order valence-corrected chi connectivity index (χ1v) is 14.0. The van der Waals surface area contributed by atoms with Crippen LogP contribution in [0.3, 0.4) is 0 Å². The zero-order chi connectivity index (χ0) is 28.2. The molecule has 2 saturated heterocycles. The standard InChI is InChI=1S/C27H27F3N4O4S/c1-26(2)24(35)34(19-6-9-21(10-7-19)39(37,38)27(28,29)30)25(36)33(26)17-18-12-13-31-23-16-20(8-11-22(18)23)32-14-4-3-5-15-32/h6-13,16H,3-5,14-15,17H2,1-2H3. The molecular weight excluding hydrogens is 533 g/mol. The molecule has 12 heteroatoms. The van der Waals surface area contributed by atoms with Crippen molar-refractivity contribution in [3.63, 3.8) is 0 Å². The fraction of sp³-hybridized carbons (Fsp3) is 0.370. The van der Waals surface area contributed by atoms with Gasteiger partial charge >= 0.3 is 11.5 Å². The predicted octanol–water partition coefficient (Wildman–Crippen LogP) is 5.27. The molecule has 2 fully saturated rings. The molecule has 1 aromatic heterocycles. The fourth-order valence-corrected chi connectivity index (χ4v) is 5.85. The zero-order valence-corrected chi connectivity index (χ0v) is 22.2. The average Bonchev–Trinajstić information content (AvgIpc) is 3.07. The van der Waals surface area contributed by atoms with Gasteiger partial charge in [0.05, 0.1) is 16.1 Å². The monoisotopic (exact) mass is 560 g/mol. The summed E-state index contributed by atoms with van der Waals surface area (Å²) in [5.74, 6) is -0.579. The van der Waals surface area contributed by atoms with Crippen LogP contribution in [0.1, 0.15) is 38.7 Å². The van der Waals surface area contributed by atoms with Gasteiger partial charge in [0.1, 0.15) is 5.54 Å². The molecular formula is C27H27F3N4O4S. The molecule has 0 atom stereocenters. The highest BCUT2D eigenvalue weighted by atomic mass is 32.2. The van der Waals surface area contributed by atoms with Gasteiger partial charge in [0.15, 0.2) is 0 Å². The summed E-state index contributed by atoms with van der Waals surface area (Å²) < 4.78 is 62.1. The second-order valence-corrected chi connectivity index (χ2v) is 12.2. The Bertz CT molecular complexity index is 1550. The highest BCUT2D eigenvalue weighted by molar-refractivity contribution is 7.92. The van der Waals surface area contributed by atoms with E-state index in [0.29, 0.717) is 0 Å². The summed E-state index contributed by atoms with van der Waals surface area (Å²) in [4.78, 5) is 34.9. The molecule has 3 heterocycles. The number of imide groups is 1. The van der Waals surface area contributed by atoms with Crippen LogP contribution in [0.15, 0.2) is 59.6 Å². The number of sulfone groups is 1. The van der Waals surface area contributed by atoms with Crippen LogP contribution < -0.4 is 9.80 Å². The van der Waals surface area contributed by atoms with Crippen LogP contribution in [-0.2, 0) is 21.2 Å². The van der Waals surface area contributed by atoms with Gasteiger partial charge in [-0.05, 0) is 81.1 Å². The Morgan fingerprint density at radius 2 is 1.56 bits per heavy atom. The average molecular weight is 561 g/mol. The summed E-state index contributed by atoms with van der Waals surface area (Å²) >= 11 is 0. The number of nitrogens with zero attached hydrogens (tertiary/aromatic N) is 4. The molecule has 5 rings (SSSR count). The van der Waals surface area contributed by atoms with Gasteiger partial charge < -0.3 is 9.80 Å². The first-order valence-electron chi connectivity index (χ1n) is 12.5. The van der Waals surface area contributed by atoms with Gasteiger partial charge in [0, 0.05) is 36.9 Å². The number of hydrogen-bond donors (Lipinski definition) is 0. The molecule has 8 nitrogen and oxygen atoms in total. The lowest BCUT2D eigenvalue weighted by Crippen LogP contribution is -2.43. The summed E-state index contributed by atoms with van der Waals surface area (Å²) in [7, 11) is -5.56. The SMILES string of the molecule is CC1(C)C(=O)N(c2ccc(S(=O)(=O)C(F)(F)F)cc2)C(=O)N1Cc1ccnc2cc(N3CCCCC3)ccc12.